The number of hydrogen-bond acceptors (Lipinski definition) is 1. The number of nitrogens with one attached hydrogen (secondary N) is 1. The van der Waals surface area contributed by atoms with Gasteiger partial charge in [0.15, 0.2) is 0 Å². The van der Waals surface area contributed by atoms with Crippen molar-refractivity contribution in [3.05, 3.63) is 77.6 Å². The van der Waals surface area contributed by atoms with Crippen molar-refractivity contribution >= 4 is 22.4 Å². The summed E-state index contributed by atoms with van der Waals surface area (Å²) >= 11 is 0. The van der Waals surface area contributed by atoms with Gasteiger partial charge in [0.2, 0.25) is 0 Å². The van der Waals surface area contributed by atoms with E-state index in [1.54, 1.807) is 12.1 Å². The minimum Gasteiger partial charge on any atom is -0.321 e. The van der Waals surface area contributed by atoms with Crippen LogP contribution in [0.25, 0.3) is 10.8 Å². The molecule has 1 N–H and O–H groups in total. The van der Waals surface area contributed by atoms with Crippen LogP contribution in [0.4, 0.5) is 10.1 Å². The van der Waals surface area contributed by atoms with Crippen molar-refractivity contribution in [2.45, 2.75) is 6.92 Å². The van der Waals surface area contributed by atoms with Gasteiger partial charge < -0.3 is 5.32 Å². The summed E-state index contributed by atoms with van der Waals surface area (Å²) in [5.74, 6) is -0.953. The average molecular weight is 279 g/mol. The number of anilines is 1. The van der Waals surface area contributed by atoms with E-state index >= 15 is 0 Å². The van der Waals surface area contributed by atoms with Gasteiger partial charge in [0.05, 0.1) is 5.56 Å². The molecule has 2 nitrogen and oxygen atoms in total. The van der Waals surface area contributed by atoms with E-state index in [1.165, 1.54) is 6.07 Å². The van der Waals surface area contributed by atoms with Gasteiger partial charge >= 0.3 is 0 Å². The number of fused-ring (bicyclic) bond motifs is 1. The topological polar surface area (TPSA) is 29.1 Å². The van der Waals surface area contributed by atoms with E-state index < -0.39 is 11.7 Å². The Morgan fingerprint density at radius 1 is 1.00 bits per heavy atom. The quantitative estimate of drug-likeness (QED) is 0.733. The molecule has 0 spiro atoms. The van der Waals surface area contributed by atoms with E-state index in [9.17, 15) is 9.18 Å². The van der Waals surface area contributed by atoms with Gasteiger partial charge in [-0.15, -0.1) is 0 Å². The van der Waals surface area contributed by atoms with Gasteiger partial charge in [-0.05, 0) is 30.5 Å². The van der Waals surface area contributed by atoms with Crippen LogP contribution in [-0.4, -0.2) is 5.91 Å². The lowest BCUT2D eigenvalue weighted by Crippen LogP contribution is -2.14. The summed E-state index contributed by atoms with van der Waals surface area (Å²) < 4.78 is 13.8. The van der Waals surface area contributed by atoms with Crippen LogP contribution in [-0.2, 0) is 0 Å². The Bertz CT molecular complexity index is 821. The molecule has 0 atom stereocenters. The van der Waals surface area contributed by atoms with Gasteiger partial charge in [-0.3, -0.25) is 4.79 Å². The molecule has 0 heterocycles. The third-order valence-electron chi connectivity index (χ3n) is 3.40. The molecule has 0 aliphatic heterocycles. The number of rotatable bonds is 2. The van der Waals surface area contributed by atoms with Crippen LogP contribution in [0.15, 0.2) is 60.7 Å². The summed E-state index contributed by atoms with van der Waals surface area (Å²) in [6, 6.07) is 17.9. The van der Waals surface area contributed by atoms with E-state index in [0.29, 0.717) is 5.69 Å². The van der Waals surface area contributed by atoms with Crippen molar-refractivity contribution in [1.29, 1.82) is 0 Å². The highest BCUT2D eigenvalue weighted by atomic mass is 19.1. The summed E-state index contributed by atoms with van der Waals surface area (Å²) in [5, 5.41) is 4.75. The molecule has 0 aliphatic rings. The molecule has 1 amide bonds. The van der Waals surface area contributed by atoms with E-state index in [4.69, 9.17) is 0 Å². The molecule has 3 aromatic carbocycles. The maximum absolute atomic E-state index is 13.8. The average Bonchev–Trinajstić information content (AvgIpc) is 2.50. The zero-order valence-corrected chi connectivity index (χ0v) is 11.6. The van der Waals surface area contributed by atoms with E-state index in [2.05, 4.69) is 5.32 Å². The molecular formula is C18H14FNO. The molecule has 0 bridgehead atoms. The summed E-state index contributed by atoms with van der Waals surface area (Å²) in [5.41, 5.74) is 1.58. The second-order valence-corrected chi connectivity index (χ2v) is 4.96. The third kappa shape index (κ3) is 2.63. The van der Waals surface area contributed by atoms with Gasteiger partial charge in [0.1, 0.15) is 5.82 Å². The molecule has 3 aromatic rings. The van der Waals surface area contributed by atoms with Gasteiger partial charge in [-0.25, -0.2) is 4.39 Å². The molecule has 3 heteroatoms. The lowest BCUT2D eigenvalue weighted by Gasteiger charge is -2.09. The smallest absolute Gasteiger partial charge is 0.258 e. The second-order valence-electron chi connectivity index (χ2n) is 4.96. The first-order valence-electron chi connectivity index (χ1n) is 6.70. The minimum atomic E-state index is -0.515. The zero-order chi connectivity index (χ0) is 14.8. The zero-order valence-electron chi connectivity index (χ0n) is 11.6. The van der Waals surface area contributed by atoms with Gasteiger partial charge in [-0.2, -0.15) is 0 Å². The summed E-state index contributed by atoms with van der Waals surface area (Å²) in [4.78, 5) is 12.3. The Kier molecular flexibility index (Phi) is 3.40. The first-order chi connectivity index (χ1) is 10.1. The number of amides is 1. The van der Waals surface area contributed by atoms with Crippen LogP contribution in [0.3, 0.4) is 0 Å². The monoisotopic (exact) mass is 279 g/mol. The highest BCUT2D eigenvalue weighted by Crippen LogP contribution is 2.24. The van der Waals surface area contributed by atoms with Gasteiger partial charge in [-0.1, -0.05) is 48.0 Å². The molecule has 0 radical (unpaired) electrons. The fourth-order valence-electron chi connectivity index (χ4n) is 2.34. The van der Waals surface area contributed by atoms with Crippen LogP contribution < -0.4 is 5.32 Å². The van der Waals surface area contributed by atoms with Crippen molar-refractivity contribution in [2.75, 3.05) is 5.32 Å². The predicted molar refractivity (Wildman–Crippen MR) is 83.0 cm³/mol. The highest BCUT2D eigenvalue weighted by Gasteiger charge is 2.13. The largest absolute Gasteiger partial charge is 0.321 e. The molecule has 0 aliphatic carbocycles. The molecule has 104 valence electrons. The number of carbonyl (C=O) groups excluding carboxylic acids is 1. The molecule has 0 aromatic heterocycles. The van der Waals surface area contributed by atoms with Gasteiger partial charge in [0, 0.05) is 11.1 Å². The normalized spacial score (nSPS) is 10.6. The Labute approximate surface area is 122 Å². The Morgan fingerprint density at radius 3 is 2.62 bits per heavy atom. The van der Waals surface area contributed by atoms with Crippen LogP contribution >= 0.6 is 0 Å². The number of aryl methyl sites for hydroxylation is 1. The minimum absolute atomic E-state index is 0.0583. The Hall–Kier alpha value is -2.68. The van der Waals surface area contributed by atoms with Crippen LogP contribution in [0.2, 0.25) is 0 Å². The third-order valence-corrected chi connectivity index (χ3v) is 3.40. The highest BCUT2D eigenvalue weighted by molar-refractivity contribution is 6.09. The van der Waals surface area contributed by atoms with Crippen LogP contribution in [0, 0.1) is 12.7 Å². The summed E-state index contributed by atoms with van der Waals surface area (Å²) in [7, 11) is 0. The SMILES string of the molecule is Cc1ccc(F)c(C(=O)Nc2cccc3ccccc23)c1. The van der Waals surface area contributed by atoms with Crippen molar-refractivity contribution in [3.63, 3.8) is 0 Å². The number of halogens is 1. The number of hydrogen-bond donors (Lipinski definition) is 1. The van der Waals surface area contributed by atoms with E-state index in [1.807, 2.05) is 49.4 Å². The second kappa shape index (κ2) is 5.37. The molecule has 3 rings (SSSR count). The summed E-state index contributed by atoms with van der Waals surface area (Å²) in [6.07, 6.45) is 0. The maximum Gasteiger partial charge on any atom is 0.258 e. The Balaban J connectivity index is 1.99. The lowest BCUT2D eigenvalue weighted by molar-refractivity contribution is 0.102. The molecule has 0 saturated carbocycles. The molecule has 21 heavy (non-hydrogen) atoms. The van der Waals surface area contributed by atoms with Crippen molar-refractivity contribution in [2.24, 2.45) is 0 Å². The standard InChI is InChI=1S/C18H14FNO/c1-12-9-10-16(19)15(11-12)18(21)20-17-8-4-6-13-5-2-3-7-14(13)17/h2-11H,1H3,(H,20,21). The molecular weight excluding hydrogens is 265 g/mol. The predicted octanol–water partition coefficient (Wildman–Crippen LogP) is 4.54. The lowest BCUT2D eigenvalue weighted by atomic mass is 10.1. The first kappa shape index (κ1) is 13.3. The van der Waals surface area contributed by atoms with Crippen molar-refractivity contribution < 1.29 is 9.18 Å². The van der Waals surface area contributed by atoms with E-state index in [0.717, 1.165) is 16.3 Å². The molecule has 0 saturated heterocycles. The maximum atomic E-state index is 13.8. The number of benzene rings is 3. The first-order valence-corrected chi connectivity index (χ1v) is 6.70. The van der Waals surface area contributed by atoms with Gasteiger partial charge in [0.25, 0.3) is 5.91 Å². The van der Waals surface area contributed by atoms with Crippen molar-refractivity contribution in [3.8, 4) is 0 Å². The summed E-state index contributed by atoms with van der Waals surface area (Å²) in [6.45, 7) is 1.83. The molecule has 0 unspecified atom stereocenters. The number of carbonyl (C=O) groups is 1. The Morgan fingerprint density at radius 2 is 1.76 bits per heavy atom. The van der Waals surface area contributed by atoms with Crippen molar-refractivity contribution in [1.82, 2.24) is 0 Å². The van der Waals surface area contributed by atoms with E-state index in [-0.39, 0.29) is 5.56 Å². The molecule has 0 fully saturated rings. The van der Waals surface area contributed by atoms with Crippen LogP contribution in [0.5, 0.6) is 0 Å². The fourth-order valence-corrected chi connectivity index (χ4v) is 2.34. The van der Waals surface area contributed by atoms with Crippen LogP contribution in [0.1, 0.15) is 15.9 Å². The fraction of sp³-hybridized carbons (Fsp3) is 0.0556.